The van der Waals surface area contributed by atoms with Crippen molar-refractivity contribution in [1.29, 1.82) is 0 Å². The van der Waals surface area contributed by atoms with E-state index in [0.717, 1.165) is 25.0 Å². The van der Waals surface area contributed by atoms with Gasteiger partial charge < -0.3 is 9.84 Å². The minimum atomic E-state index is -0.313. The maximum absolute atomic E-state index is 9.61. The lowest BCUT2D eigenvalue weighted by Gasteiger charge is -2.15. The molecule has 4 nitrogen and oxygen atoms in total. The zero-order valence-electron chi connectivity index (χ0n) is 9.26. The molecule has 15 heavy (non-hydrogen) atoms. The number of rotatable bonds is 3. The summed E-state index contributed by atoms with van der Waals surface area (Å²) in [5.74, 6) is 0.759. The maximum atomic E-state index is 9.61. The second kappa shape index (κ2) is 4.23. The molecule has 1 aliphatic rings. The fourth-order valence-corrected chi connectivity index (χ4v) is 1.88. The van der Waals surface area contributed by atoms with Crippen molar-refractivity contribution >= 4 is 0 Å². The van der Waals surface area contributed by atoms with E-state index >= 15 is 0 Å². The molecule has 1 aromatic rings. The third-order valence-electron chi connectivity index (χ3n) is 2.81. The SMILES string of the molecule is CC(C)n1cc(O[C@@H]2CCC[C@H]2O)cn1. The Morgan fingerprint density at radius 2 is 2.33 bits per heavy atom. The van der Waals surface area contributed by atoms with E-state index in [9.17, 15) is 5.11 Å². The largest absolute Gasteiger partial charge is 0.484 e. The summed E-state index contributed by atoms with van der Waals surface area (Å²) in [5.41, 5.74) is 0. The van der Waals surface area contributed by atoms with Crippen LogP contribution in [0.25, 0.3) is 0 Å². The Kier molecular flexibility index (Phi) is 2.95. The summed E-state index contributed by atoms with van der Waals surface area (Å²) < 4.78 is 7.54. The van der Waals surface area contributed by atoms with E-state index < -0.39 is 0 Å². The lowest BCUT2D eigenvalue weighted by Crippen LogP contribution is -2.25. The average molecular weight is 210 g/mol. The molecule has 2 rings (SSSR count). The van der Waals surface area contributed by atoms with Crippen molar-refractivity contribution in [2.75, 3.05) is 0 Å². The molecule has 1 fully saturated rings. The summed E-state index contributed by atoms with van der Waals surface area (Å²) in [4.78, 5) is 0. The van der Waals surface area contributed by atoms with Crippen molar-refractivity contribution in [3.8, 4) is 5.75 Å². The van der Waals surface area contributed by atoms with Crippen molar-refractivity contribution in [3.63, 3.8) is 0 Å². The van der Waals surface area contributed by atoms with Crippen LogP contribution < -0.4 is 4.74 Å². The van der Waals surface area contributed by atoms with Gasteiger partial charge in [0.1, 0.15) is 6.10 Å². The molecule has 2 atom stereocenters. The van der Waals surface area contributed by atoms with E-state index in [1.165, 1.54) is 0 Å². The first-order valence-corrected chi connectivity index (χ1v) is 5.55. The summed E-state index contributed by atoms with van der Waals surface area (Å²) in [6.45, 7) is 4.14. The van der Waals surface area contributed by atoms with Crippen molar-refractivity contribution in [3.05, 3.63) is 12.4 Å². The summed E-state index contributed by atoms with van der Waals surface area (Å²) in [7, 11) is 0. The lowest BCUT2D eigenvalue weighted by molar-refractivity contribution is 0.0603. The second-order valence-electron chi connectivity index (χ2n) is 4.40. The minimum Gasteiger partial charge on any atom is -0.484 e. The van der Waals surface area contributed by atoms with Crippen LogP contribution in [0.4, 0.5) is 0 Å². The van der Waals surface area contributed by atoms with Crippen LogP contribution in [0.3, 0.4) is 0 Å². The van der Waals surface area contributed by atoms with E-state index in [1.54, 1.807) is 6.20 Å². The molecule has 0 amide bonds. The van der Waals surface area contributed by atoms with Gasteiger partial charge in [0.15, 0.2) is 5.75 Å². The van der Waals surface area contributed by atoms with Gasteiger partial charge in [0.2, 0.25) is 0 Å². The number of aromatic nitrogens is 2. The Hall–Kier alpha value is -1.03. The molecular weight excluding hydrogens is 192 g/mol. The van der Waals surface area contributed by atoms with E-state index in [1.807, 2.05) is 10.9 Å². The Labute approximate surface area is 89.9 Å². The average Bonchev–Trinajstić information content (AvgIpc) is 2.77. The van der Waals surface area contributed by atoms with Gasteiger partial charge >= 0.3 is 0 Å². The molecule has 1 aliphatic carbocycles. The second-order valence-corrected chi connectivity index (χ2v) is 4.40. The monoisotopic (exact) mass is 210 g/mol. The van der Waals surface area contributed by atoms with Crippen LogP contribution in [0.15, 0.2) is 12.4 Å². The highest BCUT2D eigenvalue weighted by Crippen LogP contribution is 2.24. The van der Waals surface area contributed by atoms with Gasteiger partial charge in [0, 0.05) is 6.04 Å². The number of aliphatic hydroxyl groups is 1. The Bertz CT molecular complexity index is 322. The minimum absolute atomic E-state index is 0.0465. The fraction of sp³-hybridized carbons (Fsp3) is 0.727. The van der Waals surface area contributed by atoms with E-state index in [-0.39, 0.29) is 12.2 Å². The van der Waals surface area contributed by atoms with Crippen molar-refractivity contribution in [2.45, 2.75) is 51.4 Å². The van der Waals surface area contributed by atoms with E-state index in [0.29, 0.717) is 6.04 Å². The van der Waals surface area contributed by atoms with Crippen LogP contribution in [-0.2, 0) is 0 Å². The number of hydrogen-bond acceptors (Lipinski definition) is 3. The predicted molar refractivity (Wildman–Crippen MR) is 56.9 cm³/mol. The summed E-state index contributed by atoms with van der Waals surface area (Å²) >= 11 is 0. The molecule has 4 heteroatoms. The third kappa shape index (κ3) is 2.31. The van der Waals surface area contributed by atoms with Gasteiger partial charge in [-0.3, -0.25) is 4.68 Å². The van der Waals surface area contributed by atoms with Crippen LogP contribution in [0.2, 0.25) is 0 Å². The van der Waals surface area contributed by atoms with Crippen LogP contribution in [0.1, 0.15) is 39.2 Å². The van der Waals surface area contributed by atoms with Gasteiger partial charge in [-0.15, -0.1) is 0 Å². The van der Waals surface area contributed by atoms with Gasteiger partial charge in [-0.25, -0.2) is 0 Å². The van der Waals surface area contributed by atoms with Crippen LogP contribution >= 0.6 is 0 Å². The number of aliphatic hydroxyl groups excluding tert-OH is 1. The molecule has 0 bridgehead atoms. The lowest BCUT2D eigenvalue weighted by atomic mass is 10.2. The summed E-state index contributed by atoms with van der Waals surface area (Å²) in [6, 6.07) is 0.343. The van der Waals surface area contributed by atoms with Crippen LogP contribution in [-0.4, -0.2) is 27.1 Å². The smallest absolute Gasteiger partial charge is 0.157 e. The first-order chi connectivity index (χ1) is 7.16. The molecule has 0 aliphatic heterocycles. The van der Waals surface area contributed by atoms with Gasteiger partial charge in [-0.2, -0.15) is 5.10 Å². The van der Waals surface area contributed by atoms with Gasteiger partial charge in [-0.05, 0) is 33.1 Å². The zero-order valence-corrected chi connectivity index (χ0v) is 9.26. The van der Waals surface area contributed by atoms with Gasteiger partial charge in [-0.1, -0.05) is 0 Å². The van der Waals surface area contributed by atoms with Crippen LogP contribution in [0, 0.1) is 0 Å². The molecule has 1 N–H and O–H groups in total. The number of ether oxygens (including phenoxy) is 1. The van der Waals surface area contributed by atoms with Gasteiger partial charge in [0.05, 0.1) is 18.5 Å². The Morgan fingerprint density at radius 3 is 2.87 bits per heavy atom. The normalized spacial score (nSPS) is 26.1. The Balaban J connectivity index is 1.98. The summed E-state index contributed by atoms with van der Waals surface area (Å²) in [5, 5.41) is 13.8. The predicted octanol–water partition coefficient (Wildman–Crippen LogP) is 1.76. The van der Waals surface area contributed by atoms with Crippen molar-refractivity contribution in [1.82, 2.24) is 9.78 Å². The van der Waals surface area contributed by atoms with E-state index in [2.05, 4.69) is 18.9 Å². The standard InChI is InChI=1S/C11H18N2O2/c1-8(2)13-7-9(6-12-13)15-11-5-3-4-10(11)14/h6-8,10-11,14H,3-5H2,1-2H3/t10-,11-/m1/s1. The topological polar surface area (TPSA) is 47.3 Å². The molecule has 1 saturated carbocycles. The molecule has 0 saturated heterocycles. The zero-order chi connectivity index (χ0) is 10.8. The highest BCUT2D eigenvalue weighted by Gasteiger charge is 2.27. The molecule has 0 aromatic carbocycles. The first-order valence-electron chi connectivity index (χ1n) is 5.55. The maximum Gasteiger partial charge on any atom is 0.157 e. The molecule has 0 radical (unpaired) electrons. The third-order valence-corrected chi connectivity index (χ3v) is 2.81. The molecule has 0 unspecified atom stereocenters. The number of hydrogen-bond donors (Lipinski definition) is 1. The molecule has 1 aromatic heterocycles. The van der Waals surface area contributed by atoms with Crippen LogP contribution in [0.5, 0.6) is 5.75 Å². The van der Waals surface area contributed by atoms with Gasteiger partial charge in [0.25, 0.3) is 0 Å². The highest BCUT2D eigenvalue weighted by atomic mass is 16.5. The fourth-order valence-electron chi connectivity index (χ4n) is 1.88. The van der Waals surface area contributed by atoms with Crippen molar-refractivity contribution in [2.24, 2.45) is 0 Å². The summed E-state index contributed by atoms with van der Waals surface area (Å²) in [6.07, 6.45) is 6.07. The molecule has 84 valence electrons. The quantitative estimate of drug-likeness (QED) is 0.826. The molecular formula is C11H18N2O2. The van der Waals surface area contributed by atoms with Crippen molar-refractivity contribution < 1.29 is 9.84 Å². The number of nitrogens with zero attached hydrogens (tertiary/aromatic N) is 2. The first kappa shape index (κ1) is 10.5. The molecule has 1 heterocycles. The highest BCUT2D eigenvalue weighted by molar-refractivity contribution is 5.13. The Morgan fingerprint density at radius 1 is 1.53 bits per heavy atom. The molecule has 0 spiro atoms. The van der Waals surface area contributed by atoms with E-state index in [4.69, 9.17) is 4.74 Å².